The molecule has 0 saturated heterocycles. The van der Waals surface area contributed by atoms with Gasteiger partial charge >= 0.3 is 0 Å². The van der Waals surface area contributed by atoms with Gasteiger partial charge in [0, 0.05) is 3.57 Å². The van der Waals surface area contributed by atoms with Crippen molar-refractivity contribution in [1.29, 1.82) is 0 Å². The van der Waals surface area contributed by atoms with E-state index in [4.69, 9.17) is 5.73 Å². The molecule has 2 aromatic carbocycles. The normalized spacial score (nSPS) is 11.2. The van der Waals surface area contributed by atoms with Gasteiger partial charge in [0.25, 0.3) is 15.9 Å². The molecule has 0 aromatic heterocycles. The number of rotatable bonds is 4. The minimum atomic E-state index is -4.56. The van der Waals surface area contributed by atoms with Crippen LogP contribution in [0, 0.1) is 15.2 Å². The topological polar surface area (TPSA) is 89.3 Å². The van der Waals surface area contributed by atoms with E-state index in [-0.39, 0.29) is 11.3 Å². The Hall–Kier alpha value is -1.75. The highest BCUT2D eigenvalue weighted by Crippen LogP contribution is 2.25. The number of benzene rings is 2. The number of anilines is 1. The molecule has 22 heavy (non-hydrogen) atoms. The summed E-state index contributed by atoms with van der Waals surface area (Å²) in [5.74, 6) is -3.35. The van der Waals surface area contributed by atoms with Gasteiger partial charge in [0.15, 0.2) is 4.90 Å². The molecule has 0 bridgehead atoms. The molecule has 1 amide bonds. The van der Waals surface area contributed by atoms with Crippen LogP contribution in [-0.2, 0) is 10.0 Å². The lowest BCUT2D eigenvalue weighted by atomic mass is 10.2. The molecular weight excluding hydrogens is 429 g/mol. The Morgan fingerprint density at radius 3 is 2.27 bits per heavy atom. The number of halogens is 3. The van der Waals surface area contributed by atoms with E-state index in [9.17, 15) is 22.0 Å². The third kappa shape index (κ3) is 3.35. The van der Waals surface area contributed by atoms with Gasteiger partial charge in [0.1, 0.15) is 11.6 Å². The summed E-state index contributed by atoms with van der Waals surface area (Å²) in [5, 5.41) is 0. The Morgan fingerprint density at radius 1 is 1.14 bits per heavy atom. The van der Waals surface area contributed by atoms with Crippen LogP contribution in [0.4, 0.5) is 14.5 Å². The van der Waals surface area contributed by atoms with Crippen LogP contribution in [0.5, 0.6) is 0 Å². The van der Waals surface area contributed by atoms with E-state index >= 15 is 0 Å². The summed E-state index contributed by atoms with van der Waals surface area (Å²) in [6.07, 6.45) is 0. The Morgan fingerprint density at radius 2 is 1.73 bits per heavy atom. The van der Waals surface area contributed by atoms with Crippen molar-refractivity contribution in [3.8, 4) is 0 Å². The molecular formula is C13H9F2IN2O3S. The number of carbonyl (C=O) groups is 1. The second-order valence-corrected chi connectivity index (χ2v) is 7.08. The fourth-order valence-electron chi connectivity index (χ4n) is 1.75. The summed E-state index contributed by atoms with van der Waals surface area (Å²) < 4.78 is 54.2. The van der Waals surface area contributed by atoms with Crippen LogP contribution in [0.15, 0.2) is 41.3 Å². The summed E-state index contributed by atoms with van der Waals surface area (Å²) in [7, 11) is -4.56. The summed E-state index contributed by atoms with van der Waals surface area (Å²) in [4.78, 5) is 10.2. The van der Waals surface area contributed by atoms with Crippen LogP contribution in [0.3, 0.4) is 0 Å². The van der Waals surface area contributed by atoms with Crippen molar-refractivity contribution in [1.82, 2.24) is 0 Å². The largest absolute Gasteiger partial charge is 0.366 e. The molecule has 0 saturated carbocycles. The van der Waals surface area contributed by atoms with Crippen LogP contribution in [-0.4, -0.2) is 14.3 Å². The smallest absolute Gasteiger partial charge is 0.267 e. The fourth-order valence-corrected chi connectivity index (χ4v) is 3.45. The first-order valence-electron chi connectivity index (χ1n) is 5.78. The minimum absolute atomic E-state index is 0.110. The summed E-state index contributed by atoms with van der Waals surface area (Å²) in [6, 6.07) is 6.88. The molecule has 0 spiro atoms. The monoisotopic (exact) mass is 438 g/mol. The first-order valence-corrected chi connectivity index (χ1v) is 8.35. The van der Waals surface area contributed by atoms with E-state index in [1.54, 1.807) is 6.07 Å². The molecule has 9 heteroatoms. The average molecular weight is 438 g/mol. The van der Waals surface area contributed by atoms with Gasteiger partial charge < -0.3 is 5.73 Å². The van der Waals surface area contributed by atoms with Crippen molar-refractivity contribution in [3.63, 3.8) is 0 Å². The molecule has 3 N–H and O–H groups in total. The zero-order valence-electron chi connectivity index (χ0n) is 10.8. The Bertz CT molecular complexity index is 836. The van der Waals surface area contributed by atoms with Crippen molar-refractivity contribution >= 4 is 44.2 Å². The molecule has 2 aromatic rings. The lowest BCUT2D eigenvalue weighted by Crippen LogP contribution is -2.20. The van der Waals surface area contributed by atoms with Gasteiger partial charge in [0.2, 0.25) is 0 Å². The standard InChI is InChI=1S/C13H9F2IN2O3S/c14-9-2-1-3-10(15)12(9)22(20,21)18-11-6-7(16)4-5-8(11)13(17)19/h1-6,18H,(H2,17,19). The summed E-state index contributed by atoms with van der Waals surface area (Å²) in [6.45, 7) is 0. The van der Waals surface area contributed by atoms with Crippen molar-refractivity contribution in [2.24, 2.45) is 5.73 Å². The molecule has 0 atom stereocenters. The molecule has 116 valence electrons. The van der Waals surface area contributed by atoms with Gasteiger partial charge in [0.05, 0.1) is 11.3 Å². The lowest BCUT2D eigenvalue weighted by molar-refractivity contribution is 0.100. The molecule has 0 aliphatic heterocycles. The quantitative estimate of drug-likeness (QED) is 0.720. The molecule has 0 heterocycles. The van der Waals surface area contributed by atoms with Crippen molar-refractivity contribution in [2.45, 2.75) is 4.90 Å². The van der Waals surface area contributed by atoms with Crippen LogP contribution < -0.4 is 10.5 Å². The van der Waals surface area contributed by atoms with Crippen LogP contribution in [0.2, 0.25) is 0 Å². The second-order valence-electron chi connectivity index (χ2n) is 4.21. The van der Waals surface area contributed by atoms with Crippen molar-refractivity contribution < 1.29 is 22.0 Å². The summed E-state index contributed by atoms with van der Waals surface area (Å²) in [5.41, 5.74) is 4.90. The van der Waals surface area contributed by atoms with Gasteiger partial charge in [-0.3, -0.25) is 9.52 Å². The molecule has 0 aliphatic rings. The second kappa shape index (κ2) is 6.16. The Kier molecular flexibility index (Phi) is 4.66. The zero-order chi connectivity index (χ0) is 16.5. The van der Waals surface area contributed by atoms with Crippen LogP contribution in [0.25, 0.3) is 0 Å². The highest BCUT2D eigenvalue weighted by atomic mass is 127. The number of amides is 1. The molecule has 0 unspecified atom stereocenters. The first-order chi connectivity index (χ1) is 10.2. The number of hydrogen-bond acceptors (Lipinski definition) is 3. The highest BCUT2D eigenvalue weighted by molar-refractivity contribution is 14.1. The zero-order valence-corrected chi connectivity index (χ0v) is 13.8. The Labute approximate surface area is 138 Å². The maximum atomic E-state index is 13.6. The van der Waals surface area contributed by atoms with Gasteiger partial charge in [-0.2, -0.15) is 0 Å². The maximum Gasteiger partial charge on any atom is 0.267 e. The van der Waals surface area contributed by atoms with Gasteiger partial charge in [-0.25, -0.2) is 17.2 Å². The van der Waals surface area contributed by atoms with E-state index in [0.717, 1.165) is 18.2 Å². The third-order valence-electron chi connectivity index (χ3n) is 2.68. The first kappa shape index (κ1) is 16.6. The maximum absolute atomic E-state index is 13.6. The molecule has 0 aliphatic carbocycles. The van der Waals surface area contributed by atoms with Gasteiger partial charge in [-0.1, -0.05) is 6.07 Å². The molecule has 2 rings (SSSR count). The van der Waals surface area contributed by atoms with Crippen LogP contribution in [0.1, 0.15) is 10.4 Å². The van der Waals surface area contributed by atoms with E-state index in [0.29, 0.717) is 3.57 Å². The van der Waals surface area contributed by atoms with E-state index in [2.05, 4.69) is 0 Å². The fraction of sp³-hybridized carbons (Fsp3) is 0. The number of sulfonamides is 1. The third-order valence-corrected chi connectivity index (χ3v) is 4.77. The number of primary amides is 1. The molecule has 0 fully saturated rings. The number of carbonyl (C=O) groups excluding carboxylic acids is 1. The number of nitrogens with two attached hydrogens (primary N) is 1. The van der Waals surface area contributed by atoms with Gasteiger partial charge in [-0.15, -0.1) is 0 Å². The average Bonchev–Trinajstić information content (AvgIpc) is 2.37. The van der Waals surface area contributed by atoms with Crippen molar-refractivity contribution in [3.05, 3.63) is 57.2 Å². The van der Waals surface area contributed by atoms with Crippen LogP contribution >= 0.6 is 22.6 Å². The predicted molar refractivity (Wildman–Crippen MR) is 84.8 cm³/mol. The van der Waals surface area contributed by atoms with Gasteiger partial charge in [-0.05, 0) is 52.9 Å². The van der Waals surface area contributed by atoms with Crippen molar-refractivity contribution in [2.75, 3.05) is 4.72 Å². The van der Waals surface area contributed by atoms with E-state index in [1.807, 2.05) is 27.3 Å². The Balaban J connectivity index is 2.55. The summed E-state index contributed by atoms with van der Waals surface area (Å²) >= 11 is 1.89. The molecule has 5 nitrogen and oxygen atoms in total. The lowest BCUT2D eigenvalue weighted by Gasteiger charge is -2.12. The number of nitrogens with one attached hydrogen (secondary N) is 1. The highest BCUT2D eigenvalue weighted by Gasteiger charge is 2.25. The predicted octanol–water partition coefficient (Wildman–Crippen LogP) is 2.47. The molecule has 0 radical (unpaired) electrons. The SMILES string of the molecule is NC(=O)c1ccc(I)cc1NS(=O)(=O)c1c(F)cccc1F. The minimum Gasteiger partial charge on any atom is -0.366 e. The van der Waals surface area contributed by atoms with E-state index in [1.165, 1.54) is 12.1 Å². The van der Waals surface area contributed by atoms with E-state index < -0.39 is 32.5 Å². The number of hydrogen-bond donors (Lipinski definition) is 2.